The Hall–Kier alpha value is -1.52. The normalized spacial score (nSPS) is 16.9. The summed E-state index contributed by atoms with van der Waals surface area (Å²) in [5.41, 5.74) is 1.57. The van der Waals surface area contributed by atoms with Gasteiger partial charge in [0.15, 0.2) is 11.5 Å². The molecule has 0 spiro atoms. The van der Waals surface area contributed by atoms with E-state index in [1.165, 1.54) is 12.1 Å². The molecule has 0 saturated carbocycles. The van der Waals surface area contributed by atoms with Crippen LogP contribution in [0.4, 0.5) is 14.5 Å². The predicted molar refractivity (Wildman–Crippen MR) is 46.9 cm³/mol. The van der Waals surface area contributed by atoms with Crippen LogP contribution in [0, 0.1) is 6.92 Å². The molecule has 0 bridgehead atoms. The fourth-order valence-electron chi connectivity index (χ4n) is 1.37. The minimum Gasteiger partial charge on any atom is -0.395 e. The number of hydrogen-bond donors (Lipinski definition) is 1. The third-order valence-corrected chi connectivity index (χ3v) is 2.02. The summed E-state index contributed by atoms with van der Waals surface area (Å²) < 4.78 is 33.9. The molecule has 3 nitrogen and oxygen atoms in total. The van der Waals surface area contributed by atoms with Crippen LogP contribution in [0.1, 0.15) is 5.56 Å². The number of rotatable bonds is 1. The molecule has 2 rings (SSSR count). The topological polar surface area (TPSA) is 30.5 Å². The van der Waals surface area contributed by atoms with Gasteiger partial charge in [-0.25, -0.2) is 0 Å². The molecule has 0 radical (unpaired) electrons. The highest BCUT2D eigenvalue weighted by Gasteiger charge is 2.43. The number of benzene rings is 1. The van der Waals surface area contributed by atoms with E-state index >= 15 is 0 Å². The quantitative estimate of drug-likeness (QED) is 0.756. The largest absolute Gasteiger partial charge is 0.586 e. The zero-order valence-electron chi connectivity index (χ0n) is 7.73. The van der Waals surface area contributed by atoms with E-state index in [0.717, 1.165) is 11.3 Å². The van der Waals surface area contributed by atoms with Crippen LogP contribution in [0.2, 0.25) is 0 Å². The van der Waals surface area contributed by atoms with Gasteiger partial charge in [0.05, 0.1) is 0 Å². The second-order valence-corrected chi connectivity index (χ2v) is 3.03. The standard InChI is InChI=1S/C9H9F2NO2/c1-5-3-7-8(4-6(5)12-2)14-9(10,11)13-7/h3-4,12H,1-2H3. The number of ether oxygens (including phenoxy) is 2. The summed E-state index contributed by atoms with van der Waals surface area (Å²) in [6, 6.07) is 3.01. The highest BCUT2D eigenvalue weighted by molar-refractivity contribution is 5.60. The van der Waals surface area contributed by atoms with Gasteiger partial charge in [-0.05, 0) is 18.6 Å². The maximum Gasteiger partial charge on any atom is 0.586 e. The van der Waals surface area contributed by atoms with Crippen LogP contribution >= 0.6 is 0 Å². The molecule has 0 aromatic heterocycles. The van der Waals surface area contributed by atoms with E-state index in [0.29, 0.717) is 0 Å². The van der Waals surface area contributed by atoms with Gasteiger partial charge in [-0.1, -0.05) is 0 Å². The molecule has 0 unspecified atom stereocenters. The van der Waals surface area contributed by atoms with Gasteiger partial charge in [-0.3, -0.25) is 0 Å². The van der Waals surface area contributed by atoms with Gasteiger partial charge in [-0.15, -0.1) is 8.78 Å². The van der Waals surface area contributed by atoms with Crippen molar-refractivity contribution in [1.82, 2.24) is 0 Å². The van der Waals surface area contributed by atoms with Crippen LogP contribution in [0.15, 0.2) is 12.1 Å². The molecule has 1 heterocycles. The van der Waals surface area contributed by atoms with Gasteiger partial charge in [-0.2, -0.15) is 0 Å². The Bertz CT molecular complexity index is 379. The fraction of sp³-hybridized carbons (Fsp3) is 0.333. The second kappa shape index (κ2) is 2.73. The number of nitrogens with one attached hydrogen (secondary N) is 1. The lowest BCUT2D eigenvalue weighted by Crippen LogP contribution is -2.25. The monoisotopic (exact) mass is 201 g/mol. The first-order chi connectivity index (χ1) is 6.52. The van der Waals surface area contributed by atoms with Crippen LogP contribution in [0.3, 0.4) is 0 Å². The summed E-state index contributed by atoms with van der Waals surface area (Å²) >= 11 is 0. The van der Waals surface area contributed by atoms with Crippen LogP contribution in [0.5, 0.6) is 11.5 Å². The SMILES string of the molecule is CNc1cc2c(cc1C)OC(F)(F)O2. The molecule has 1 aliphatic rings. The van der Waals surface area contributed by atoms with Crippen LogP contribution in [-0.4, -0.2) is 13.3 Å². The van der Waals surface area contributed by atoms with E-state index in [4.69, 9.17) is 0 Å². The second-order valence-electron chi connectivity index (χ2n) is 3.03. The average Bonchev–Trinajstić information content (AvgIpc) is 2.36. The Labute approximate surface area is 79.6 Å². The molecule has 0 atom stereocenters. The van der Waals surface area contributed by atoms with Crippen molar-refractivity contribution in [3.8, 4) is 11.5 Å². The van der Waals surface area contributed by atoms with E-state index in [9.17, 15) is 8.78 Å². The van der Waals surface area contributed by atoms with Crippen molar-refractivity contribution in [1.29, 1.82) is 0 Å². The lowest BCUT2D eigenvalue weighted by atomic mass is 10.2. The highest BCUT2D eigenvalue weighted by Crippen LogP contribution is 2.43. The highest BCUT2D eigenvalue weighted by atomic mass is 19.3. The van der Waals surface area contributed by atoms with Crippen molar-refractivity contribution in [2.75, 3.05) is 12.4 Å². The molecule has 76 valence electrons. The molecule has 1 aromatic carbocycles. The van der Waals surface area contributed by atoms with Crippen molar-refractivity contribution in [3.63, 3.8) is 0 Å². The van der Waals surface area contributed by atoms with Crippen LogP contribution < -0.4 is 14.8 Å². The van der Waals surface area contributed by atoms with E-state index < -0.39 is 6.29 Å². The first kappa shape index (κ1) is 9.05. The first-order valence-corrected chi connectivity index (χ1v) is 4.10. The van der Waals surface area contributed by atoms with Gasteiger partial charge in [0.2, 0.25) is 0 Å². The molecule has 5 heteroatoms. The minimum atomic E-state index is -3.54. The van der Waals surface area contributed by atoms with Crippen molar-refractivity contribution in [2.24, 2.45) is 0 Å². The zero-order valence-corrected chi connectivity index (χ0v) is 7.73. The number of alkyl halides is 2. The third kappa shape index (κ3) is 1.34. The lowest BCUT2D eigenvalue weighted by molar-refractivity contribution is -0.286. The summed E-state index contributed by atoms with van der Waals surface area (Å²) in [5, 5.41) is 2.87. The summed E-state index contributed by atoms with van der Waals surface area (Å²) in [5.74, 6) is 0.136. The van der Waals surface area contributed by atoms with E-state index in [1.54, 1.807) is 14.0 Å². The Morgan fingerprint density at radius 3 is 2.36 bits per heavy atom. The molecule has 0 fully saturated rings. The predicted octanol–water partition coefficient (Wildman–Crippen LogP) is 2.36. The van der Waals surface area contributed by atoms with Gasteiger partial charge < -0.3 is 14.8 Å². The lowest BCUT2D eigenvalue weighted by Gasteiger charge is -2.05. The number of anilines is 1. The Balaban J connectivity index is 2.44. The van der Waals surface area contributed by atoms with Crippen LogP contribution in [0.25, 0.3) is 0 Å². The van der Waals surface area contributed by atoms with Gasteiger partial charge in [0, 0.05) is 18.8 Å². The molecular weight excluding hydrogens is 192 g/mol. The molecule has 0 saturated heterocycles. The number of fused-ring (bicyclic) bond motifs is 1. The number of aryl methyl sites for hydroxylation is 1. The Kier molecular flexibility index (Phi) is 1.77. The van der Waals surface area contributed by atoms with Crippen molar-refractivity contribution >= 4 is 5.69 Å². The molecule has 0 aliphatic carbocycles. The van der Waals surface area contributed by atoms with Crippen molar-refractivity contribution in [2.45, 2.75) is 13.2 Å². The summed E-state index contributed by atoms with van der Waals surface area (Å²) in [4.78, 5) is 0. The minimum absolute atomic E-state index is 0.0601. The molecule has 1 aliphatic heterocycles. The maximum absolute atomic E-state index is 12.6. The first-order valence-electron chi connectivity index (χ1n) is 4.10. The zero-order chi connectivity index (χ0) is 10.3. The molecule has 1 N–H and O–H groups in total. The summed E-state index contributed by atoms with van der Waals surface area (Å²) in [7, 11) is 1.71. The van der Waals surface area contributed by atoms with Crippen LogP contribution in [-0.2, 0) is 0 Å². The van der Waals surface area contributed by atoms with Gasteiger partial charge in [0.1, 0.15) is 0 Å². The van der Waals surface area contributed by atoms with Gasteiger partial charge >= 0.3 is 6.29 Å². The van der Waals surface area contributed by atoms with E-state index in [2.05, 4.69) is 14.8 Å². The van der Waals surface area contributed by atoms with Crippen molar-refractivity contribution in [3.05, 3.63) is 17.7 Å². The fourth-order valence-corrected chi connectivity index (χ4v) is 1.37. The summed E-state index contributed by atoms with van der Waals surface area (Å²) in [6.45, 7) is 1.80. The number of hydrogen-bond acceptors (Lipinski definition) is 3. The average molecular weight is 201 g/mol. The van der Waals surface area contributed by atoms with Gasteiger partial charge in [0.25, 0.3) is 0 Å². The molecule has 0 amide bonds. The molecular formula is C9H9F2NO2. The number of halogens is 2. The smallest absolute Gasteiger partial charge is 0.395 e. The molecule has 14 heavy (non-hydrogen) atoms. The van der Waals surface area contributed by atoms with E-state index in [1.807, 2.05) is 0 Å². The summed E-state index contributed by atoms with van der Waals surface area (Å²) in [6.07, 6.45) is -3.54. The maximum atomic E-state index is 12.6. The molecule has 1 aromatic rings. The van der Waals surface area contributed by atoms with Crippen molar-refractivity contribution < 1.29 is 18.3 Å². The Morgan fingerprint density at radius 2 is 1.79 bits per heavy atom. The third-order valence-electron chi connectivity index (χ3n) is 2.02. The van der Waals surface area contributed by atoms with E-state index in [-0.39, 0.29) is 11.5 Å². The Morgan fingerprint density at radius 1 is 1.21 bits per heavy atom.